The van der Waals surface area contributed by atoms with Crippen LogP contribution in [0.3, 0.4) is 0 Å². The fraction of sp³-hybridized carbons (Fsp3) is 0.0588. The van der Waals surface area contributed by atoms with Crippen LogP contribution in [0, 0.1) is 0 Å². The van der Waals surface area contributed by atoms with Gasteiger partial charge in [-0.05, 0) is 53.0 Å². The Labute approximate surface area is 134 Å². The Morgan fingerprint density at radius 2 is 1.27 bits per heavy atom. The van der Waals surface area contributed by atoms with Gasteiger partial charge in [-0.2, -0.15) is 0 Å². The number of nitrogens with two attached hydrogens (primary N) is 1. The monoisotopic (exact) mass is 331 g/mol. The van der Waals surface area contributed by atoms with E-state index in [4.69, 9.17) is 16.7 Å². The number of primary sulfonamides is 1. The first-order valence-corrected chi connectivity index (χ1v) is 8.67. The molecule has 2 aromatic rings. The van der Waals surface area contributed by atoms with Crippen LogP contribution < -0.4 is 5.14 Å². The molecule has 0 fully saturated rings. The van der Waals surface area contributed by atoms with Gasteiger partial charge in [-0.3, -0.25) is 0 Å². The quantitative estimate of drug-likeness (QED) is 0.928. The number of hydrogen-bond acceptors (Lipinski definition) is 2. The van der Waals surface area contributed by atoms with Gasteiger partial charge in [0.15, 0.2) is 0 Å². The van der Waals surface area contributed by atoms with E-state index in [-0.39, 0.29) is 4.90 Å². The molecule has 0 heterocycles. The molecule has 0 spiro atoms. The Hall–Kier alpha value is -1.88. The standard InChI is InChI=1S/C17H14ClNO2S/c18-14-8-4-12(5-9-14)16-2-1-3-17(16)13-6-10-15(11-7-13)22(19,20)21/h2-11H,1H2,(H2,19,20,21). The Kier molecular flexibility index (Phi) is 3.91. The molecule has 0 saturated heterocycles. The molecule has 2 N–H and O–H groups in total. The van der Waals surface area contributed by atoms with Crippen LogP contribution in [0.2, 0.25) is 5.02 Å². The number of halogens is 1. The topological polar surface area (TPSA) is 60.2 Å². The minimum Gasteiger partial charge on any atom is -0.225 e. The van der Waals surface area contributed by atoms with Crippen LogP contribution in [0.4, 0.5) is 0 Å². The average Bonchev–Trinajstić information content (AvgIpc) is 2.97. The summed E-state index contributed by atoms with van der Waals surface area (Å²) in [5.41, 5.74) is 4.26. The summed E-state index contributed by atoms with van der Waals surface area (Å²) in [6, 6.07) is 14.3. The average molecular weight is 332 g/mol. The van der Waals surface area contributed by atoms with Crippen LogP contribution in [0.15, 0.2) is 65.6 Å². The largest absolute Gasteiger partial charge is 0.238 e. The summed E-state index contributed by atoms with van der Waals surface area (Å²) in [6.07, 6.45) is 5.12. The Morgan fingerprint density at radius 1 is 0.818 bits per heavy atom. The van der Waals surface area contributed by atoms with Gasteiger partial charge in [0.1, 0.15) is 0 Å². The van der Waals surface area contributed by atoms with Gasteiger partial charge in [-0.15, -0.1) is 0 Å². The van der Waals surface area contributed by atoms with E-state index in [0.29, 0.717) is 5.02 Å². The molecule has 2 aromatic carbocycles. The Balaban J connectivity index is 1.95. The van der Waals surface area contributed by atoms with Crippen molar-refractivity contribution < 1.29 is 8.42 Å². The fourth-order valence-electron chi connectivity index (χ4n) is 2.51. The third-order valence-electron chi connectivity index (χ3n) is 3.58. The van der Waals surface area contributed by atoms with E-state index in [0.717, 1.165) is 28.7 Å². The highest BCUT2D eigenvalue weighted by Crippen LogP contribution is 2.36. The van der Waals surface area contributed by atoms with Gasteiger partial charge in [-0.25, -0.2) is 13.6 Å². The highest BCUT2D eigenvalue weighted by Gasteiger charge is 2.15. The number of rotatable bonds is 3. The van der Waals surface area contributed by atoms with Crippen LogP contribution in [0.5, 0.6) is 0 Å². The van der Waals surface area contributed by atoms with E-state index >= 15 is 0 Å². The molecular formula is C17H14ClNO2S. The molecule has 3 rings (SSSR count). The maximum atomic E-state index is 11.3. The molecule has 1 aliphatic carbocycles. The van der Waals surface area contributed by atoms with Crippen molar-refractivity contribution in [2.75, 3.05) is 0 Å². The van der Waals surface area contributed by atoms with Crippen molar-refractivity contribution in [3.63, 3.8) is 0 Å². The summed E-state index contributed by atoms with van der Waals surface area (Å²) in [6.45, 7) is 0. The SMILES string of the molecule is NS(=O)(=O)c1ccc(C2=CCC=C2c2ccc(Cl)cc2)cc1. The van der Waals surface area contributed by atoms with Crippen molar-refractivity contribution in [1.82, 2.24) is 0 Å². The zero-order valence-electron chi connectivity index (χ0n) is 11.7. The van der Waals surface area contributed by atoms with Gasteiger partial charge in [0, 0.05) is 5.02 Å². The van der Waals surface area contributed by atoms with Gasteiger partial charge in [0.25, 0.3) is 0 Å². The molecule has 22 heavy (non-hydrogen) atoms. The molecule has 0 aliphatic heterocycles. The number of sulfonamides is 1. The van der Waals surface area contributed by atoms with Crippen molar-refractivity contribution in [2.45, 2.75) is 11.3 Å². The zero-order valence-corrected chi connectivity index (χ0v) is 13.2. The molecule has 0 radical (unpaired) electrons. The highest BCUT2D eigenvalue weighted by atomic mass is 35.5. The summed E-state index contributed by atoms with van der Waals surface area (Å²) < 4.78 is 22.6. The molecule has 112 valence electrons. The fourth-order valence-corrected chi connectivity index (χ4v) is 3.16. The lowest BCUT2D eigenvalue weighted by Crippen LogP contribution is -2.11. The smallest absolute Gasteiger partial charge is 0.225 e. The molecule has 0 saturated carbocycles. The van der Waals surface area contributed by atoms with E-state index in [1.807, 2.05) is 24.3 Å². The summed E-state index contributed by atoms with van der Waals surface area (Å²) in [4.78, 5) is 0.117. The molecule has 0 atom stereocenters. The van der Waals surface area contributed by atoms with Crippen molar-refractivity contribution in [1.29, 1.82) is 0 Å². The lowest BCUT2D eigenvalue weighted by molar-refractivity contribution is 0.598. The van der Waals surface area contributed by atoms with Gasteiger partial charge in [-0.1, -0.05) is 48.0 Å². The zero-order chi connectivity index (χ0) is 15.7. The summed E-state index contributed by atoms with van der Waals surface area (Å²) in [5.74, 6) is 0. The van der Waals surface area contributed by atoms with Crippen molar-refractivity contribution >= 4 is 32.8 Å². The van der Waals surface area contributed by atoms with E-state index in [1.165, 1.54) is 12.1 Å². The second-order valence-corrected chi connectivity index (χ2v) is 7.05. The Bertz CT molecular complexity index is 864. The summed E-state index contributed by atoms with van der Waals surface area (Å²) in [5, 5.41) is 5.83. The molecule has 0 amide bonds. The first-order valence-electron chi connectivity index (χ1n) is 6.75. The van der Waals surface area contributed by atoms with Gasteiger partial charge in [0.2, 0.25) is 10.0 Å². The summed E-state index contributed by atoms with van der Waals surface area (Å²) in [7, 11) is -3.66. The second kappa shape index (κ2) is 5.72. The molecule has 0 unspecified atom stereocenters. The predicted octanol–water partition coefficient (Wildman–Crippen LogP) is 3.86. The lowest BCUT2D eigenvalue weighted by Gasteiger charge is -2.10. The highest BCUT2D eigenvalue weighted by molar-refractivity contribution is 7.89. The summed E-state index contributed by atoms with van der Waals surface area (Å²) >= 11 is 5.93. The maximum Gasteiger partial charge on any atom is 0.238 e. The third kappa shape index (κ3) is 2.99. The first kappa shape index (κ1) is 15.0. The number of benzene rings is 2. The van der Waals surface area contributed by atoms with Crippen molar-refractivity contribution in [2.24, 2.45) is 5.14 Å². The van der Waals surface area contributed by atoms with E-state index in [9.17, 15) is 8.42 Å². The van der Waals surface area contributed by atoms with Crippen LogP contribution in [-0.2, 0) is 10.0 Å². The van der Waals surface area contributed by atoms with Gasteiger partial charge in [0.05, 0.1) is 4.90 Å². The predicted molar refractivity (Wildman–Crippen MR) is 89.8 cm³/mol. The molecule has 3 nitrogen and oxygen atoms in total. The second-order valence-electron chi connectivity index (χ2n) is 5.05. The molecular weight excluding hydrogens is 318 g/mol. The van der Waals surface area contributed by atoms with Crippen LogP contribution in [0.25, 0.3) is 11.1 Å². The first-order chi connectivity index (χ1) is 10.4. The van der Waals surface area contributed by atoms with E-state index in [2.05, 4.69) is 12.2 Å². The van der Waals surface area contributed by atoms with E-state index < -0.39 is 10.0 Å². The van der Waals surface area contributed by atoms with Crippen LogP contribution in [-0.4, -0.2) is 8.42 Å². The molecule has 0 bridgehead atoms. The lowest BCUT2D eigenvalue weighted by atomic mass is 9.95. The third-order valence-corrected chi connectivity index (χ3v) is 4.76. The minimum absolute atomic E-state index is 0.117. The molecule has 0 aromatic heterocycles. The minimum atomic E-state index is -3.66. The van der Waals surface area contributed by atoms with Gasteiger partial charge >= 0.3 is 0 Å². The van der Waals surface area contributed by atoms with Gasteiger partial charge < -0.3 is 0 Å². The van der Waals surface area contributed by atoms with Crippen molar-refractivity contribution in [3.8, 4) is 0 Å². The number of hydrogen-bond donors (Lipinski definition) is 1. The van der Waals surface area contributed by atoms with E-state index in [1.54, 1.807) is 12.1 Å². The van der Waals surface area contributed by atoms with Crippen LogP contribution in [0.1, 0.15) is 17.5 Å². The van der Waals surface area contributed by atoms with Crippen molar-refractivity contribution in [3.05, 3.63) is 76.8 Å². The normalized spacial score (nSPS) is 14.6. The molecule has 1 aliphatic rings. The Morgan fingerprint density at radius 3 is 1.73 bits per heavy atom. The molecule has 5 heteroatoms. The number of allylic oxidation sites excluding steroid dienone is 4. The maximum absolute atomic E-state index is 11.3. The van der Waals surface area contributed by atoms with Crippen LogP contribution >= 0.6 is 11.6 Å².